The maximum atomic E-state index is 11.6. The maximum absolute atomic E-state index is 11.6. The second kappa shape index (κ2) is 5.73. The average molecular weight is 325 g/mol. The van der Waals surface area contributed by atoms with Gasteiger partial charge < -0.3 is 28.7 Å². The highest BCUT2D eigenvalue weighted by atomic mass is 32.1. The summed E-state index contributed by atoms with van der Waals surface area (Å²) in [6, 6.07) is 0. The van der Waals surface area contributed by atoms with Crippen molar-refractivity contribution < 1.29 is 24.0 Å². The van der Waals surface area contributed by atoms with Crippen LogP contribution in [-0.2, 0) is 0 Å². The minimum atomic E-state index is -1.33. The highest BCUT2D eigenvalue weighted by Gasteiger charge is 2.33. The number of nitrogens with two attached hydrogens (primary N) is 5. The molecule has 0 saturated carbocycles. The fourth-order valence-corrected chi connectivity index (χ4v) is 2.40. The molecule has 0 atom stereocenters. The van der Waals surface area contributed by atoms with Crippen molar-refractivity contribution in [2.45, 2.75) is 4.90 Å². The predicted octanol–water partition coefficient (Wildman–Crippen LogP) is -2.53. The minimum Gasteiger partial charge on any atom is -0.366 e. The third-order valence-corrected chi connectivity index (χ3v) is 3.15. The number of carbonyl (C=O) groups excluding carboxylic acids is 5. The van der Waals surface area contributed by atoms with Crippen LogP contribution in [0.15, 0.2) is 4.90 Å². The number of benzene rings is 1. The first-order chi connectivity index (χ1) is 10.0. The van der Waals surface area contributed by atoms with Crippen LogP contribution in [-0.4, -0.2) is 29.5 Å². The van der Waals surface area contributed by atoms with E-state index in [-0.39, 0.29) is 0 Å². The Morgan fingerprint density at radius 1 is 0.500 bits per heavy atom. The lowest BCUT2D eigenvalue weighted by molar-refractivity contribution is 0.0934. The number of rotatable bonds is 5. The summed E-state index contributed by atoms with van der Waals surface area (Å²) in [5.41, 5.74) is 21.8. The van der Waals surface area contributed by atoms with Crippen LogP contribution < -0.4 is 28.7 Å². The van der Waals surface area contributed by atoms with Crippen molar-refractivity contribution in [2.75, 3.05) is 0 Å². The van der Waals surface area contributed by atoms with Crippen molar-refractivity contribution in [3.63, 3.8) is 0 Å². The van der Waals surface area contributed by atoms with Gasteiger partial charge in [-0.25, -0.2) is 0 Å². The molecule has 0 aliphatic heterocycles. The van der Waals surface area contributed by atoms with Crippen LogP contribution in [0.1, 0.15) is 51.8 Å². The normalized spacial score (nSPS) is 10.0. The molecule has 1 rings (SSSR count). The Morgan fingerprint density at radius 3 is 0.864 bits per heavy atom. The quantitative estimate of drug-likeness (QED) is 0.322. The maximum Gasteiger partial charge on any atom is 0.250 e. The summed E-state index contributed by atoms with van der Waals surface area (Å²) in [6.07, 6.45) is 0. The Bertz CT molecular complexity index is 705. The van der Waals surface area contributed by atoms with E-state index < -0.39 is 62.2 Å². The summed E-state index contributed by atoms with van der Waals surface area (Å²) in [5.74, 6) is -6.39. The van der Waals surface area contributed by atoms with Crippen molar-refractivity contribution in [3.05, 3.63) is 27.8 Å². The van der Waals surface area contributed by atoms with Crippen LogP contribution >= 0.6 is 12.6 Å². The van der Waals surface area contributed by atoms with Gasteiger partial charge in [0.15, 0.2) is 0 Å². The molecule has 1 aromatic rings. The van der Waals surface area contributed by atoms with Gasteiger partial charge in [0.2, 0.25) is 17.7 Å². The van der Waals surface area contributed by atoms with Crippen molar-refractivity contribution in [3.8, 4) is 0 Å². The van der Waals surface area contributed by atoms with Gasteiger partial charge in [-0.3, -0.25) is 24.0 Å². The molecule has 11 heteroatoms. The fraction of sp³-hybridized carbons (Fsp3) is 0. The van der Waals surface area contributed by atoms with Crippen LogP contribution in [0, 0.1) is 0 Å². The smallest absolute Gasteiger partial charge is 0.250 e. The van der Waals surface area contributed by atoms with Gasteiger partial charge in [-0.1, -0.05) is 0 Å². The molecule has 0 saturated heterocycles. The molecule has 0 radical (unpaired) electrons. The molecule has 0 aromatic heterocycles. The molecule has 10 N–H and O–H groups in total. The molecule has 0 bridgehead atoms. The van der Waals surface area contributed by atoms with Crippen LogP contribution in [0.2, 0.25) is 0 Å². The number of hydrogen-bond acceptors (Lipinski definition) is 6. The lowest BCUT2D eigenvalue weighted by atomic mass is 9.89. The summed E-state index contributed by atoms with van der Waals surface area (Å²) >= 11 is 3.87. The Kier molecular flexibility index (Phi) is 4.42. The zero-order valence-electron chi connectivity index (χ0n) is 10.9. The predicted molar refractivity (Wildman–Crippen MR) is 76.3 cm³/mol. The first-order valence-electron chi connectivity index (χ1n) is 5.44. The number of hydrogen-bond donors (Lipinski definition) is 6. The van der Waals surface area contributed by atoms with Gasteiger partial charge in [0.25, 0.3) is 11.8 Å². The van der Waals surface area contributed by atoms with Gasteiger partial charge >= 0.3 is 0 Å². The van der Waals surface area contributed by atoms with E-state index in [0.29, 0.717) is 0 Å². The molecule has 0 aliphatic carbocycles. The molecule has 0 heterocycles. The fourth-order valence-electron chi connectivity index (χ4n) is 1.96. The SMILES string of the molecule is NC(=O)c1c(S)c(C(N)=O)c(C(N)=O)c(C(N)=O)c1C(N)=O. The van der Waals surface area contributed by atoms with E-state index in [4.69, 9.17) is 28.7 Å². The zero-order valence-corrected chi connectivity index (χ0v) is 11.8. The summed E-state index contributed by atoms with van der Waals surface area (Å²) in [6.45, 7) is 0. The molecule has 0 spiro atoms. The number of carbonyl (C=O) groups is 5. The highest BCUT2D eigenvalue weighted by Crippen LogP contribution is 2.30. The number of primary amides is 5. The largest absolute Gasteiger partial charge is 0.366 e. The van der Waals surface area contributed by atoms with E-state index in [1.165, 1.54) is 0 Å². The van der Waals surface area contributed by atoms with Crippen LogP contribution in [0.25, 0.3) is 0 Å². The molecule has 10 nitrogen and oxygen atoms in total. The molecular formula is C11H11N5O5S. The van der Waals surface area contributed by atoms with Gasteiger partial charge in [-0.05, 0) is 0 Å². The lowest BCUT2D eigenvalue weighted by Crippen LogP contribution is -2.33. The third kappa shape index (κ3) is 2.56. The van der Waals surface area contributed by atoms with Crippen LogP contribution in [0.5, 0.6) is 0 Å². The van der Waals surface area contributed by atoms with Gasteiger partial charge in [0.05, 0.1) is 27.8 Å². The Balaban J connectivity index is 4.31. The second-order valence-electron chi connectivity index (χ2n) is 4.04. The Labute approximate surface area is 128 Å². The van der Waals surface area contributed by atoms with E-state index >= 15 is 0 Å². The van der Waals surface area contributed by atoms with Crippen LogP contribution in [0.4, 0.5) is 0 Å². The monoisotopic (exact) mass is 325 g/mol. The summed E-state index contributed by atoms with van der Waals surface area (Å²) in [4.78, 5) is 57.3. The van der Waals surface area contributed by atoms with E-state index in [9.17, 15) is 24.0 Å². The number of thiol groups is 1. The molecule has 0 aliphatic rings. The van der Waals surface area contributed by atoms with E-state index in [1.807, 2.05) is 0 Å². The topological polar surface area (TPSA) is 215 Å². The summed E-state index contributed by atoms with van der Waals surface area (Å²) in [5, 5.41) is 0. The first-order valence-corrected chi connectivity index (χ1v) is 5.88. The molecule has 1 aromatic carbocycles. The van der Waals surface area contributed by atoms with Gasteiger partial charge in [0, 0.05) is 4.90 Å². The van der Waals surface area contributed by atoms with Gasteiger partial charge in [-0.2, -0.15) is 0 Å². The van der Waals surface area contributed by atoms with E-state index in [0.717, 1.165) is 0 Å². The molecule has 0 unspecified atom stereocenters. The lowest BCUT2D eigenvalue weighted by Gasteiger charge is -2.17. The van der Waals surface area contributed by atoms with Gasteiger partial charge in [-0.15, -0.1) is 12.6 Å². The molecular weight excluding hydrogens is 314 g/mol. The average Bonchev–Trinajstić information content (AvgIpc) is 2.34. The van der Waals surface area contributed by atoms with Crippen molar-refractivity contribution >= 4 is 42.2 Å². The van der Waals surface area contributed by atoms with Crippen molar-refractivity contribution in [2.24, 2.45) is 28.7 Å². The molecule has 5 amide bonds. The Morgan fingerprint density at radius 2 is 0.682 bits per heavy atom. The first kappa shape index (κ1) is 17.0. The molecule has 22 heavy (non-hydrogen) atoms. The summed E-state index contributed by atoms with van der Waals surface area (Å²) < 4.78 is 0. The molecule has 0 fully saturated rings. The second-order valence-corrected chi connectivity index (χ2v) is 4.49. The summed E-state index contributed by atoms with van der Waals surface area (Å²) in [7, 11) is 0. The van der Waals surface area contributed by atoms with Crippen molar-refractivity contribution in [1.82, 2.24) is 0 Å². The standard InChI is InChI=1S/C11H11N5O5S/c12-7(17)1-2(8(13)18)4(10(15)20)6(22)5(11(16)21)3(1)9(14)19/h22H,(H2,12,17)(H2,13,18)(H2,14,19)(H2,15,20)(H2,16,21). The van der Waals surface area contributed by atoms with Gasteiger partial charge in [0.1, 0.15) is 0 Å². The third-order valence-electron chi connectivity index (χ3n) is 2.71. The Hall–Kier alpha value is -3.08. The van der Waals surface area contributed by atoms with Crippen LogP contribution in [0.3, 0.4) is 0 Å². The minimum absolute atomic E-state index is 0.507. The highest BCUT2D eigenvalue weighted by molar-refractivity contribution is 7.80. The van der Waals surface area contributed by atoms with E-state index in [2.05, 4.69) is 12.6 Å². The van der Waals surface area contributed by atoms with Crippen molar-refractivity contribution in [1.29, 1.82) is 0 Å². The van der Waals surface area contributed by atoms with E-state index in [1.54, 1.807) is 0 Å². The zero-order chi connectivity index (χ0) is 17.4. The molecule has 116 valence electrons. The number of amides is 5.